The van der Waals surface area contributed by atoms with Gasteiger partial charge in [0, 0.05) is 0 Å². The first-order valence-electron chi connectivity index (χ1n) is 8.62. The molecule has 1 amide bonds. The molecule has 8 heteroatoms. The first-order chi connectivity index (χ1) is 13.5. The van der Waals surface area contributed by atoms with Gasteiger partial charge in [-0.05, 0) is 55.7 Å². The SMILES string of the molecule is CSc1nc(-c2cccs2)nc(C)c1C(=O)Nc1nc2c(C)cc(C)cc2s1. The lowest BCUT2D eigenvalue weighted by molar-refractivity contribution is 0.102. The summed E-state index contributed by atoms with van der Waals surface area (Å²) in [6.07, 6.45) is 1.92. The number of thiophene rings is 1. The van der Waals surface area contributed by atoms with E-state index in [-0.39, 0.29) is 5.91 Å². The largest absolute Gasteiger partial charge is 0.298 e. The van der Waals surface area contributed by atoms with Gasteiger partial charge in [-0.25, -0.2) is 15.0 Å². The average Bonchev–Trinajstić information content (AvgIpc) is 3.30. The molecule has 0 spiro atoms. The first kappa shape index (κ1) is 19.0. The molecule has 0 aliphatic rings. The van der Waals surface area contributed by atoms with Gasteiger partial charge in [0.25, 0.3) is 5.91 Å². The third kappa shape index (κ3) is 3.55. The predicted molar refractivity (Wildman–Crippen MR) is 119 cm³/mol. The minimum absolute atomic E-state index is 0.229. The Morgan fingerprint density at radius 1 is 1.14 bits per heavy atom. The van der Waals surface area contributed by atoms with E-state index in [1.807, 2.05) is 37.6 Å². The molecule has 0 bridgehead atoms. The summed E-state index contributed by atoms with van der Waals surface area (Å²) in [5, 5.41) is 6.19. The van der Waals surface area contributed by atoms with E-state index in [1.165, 1.54) is 28.7 Å². The number of nitrogens with one attached hydrogen (secondary N) is 1. The summed E-state index contributed by atoms with van der Waals surface area (Å²) in [5.41, 5.74) is 4.38. The normalized spacial score (nSPS) is 11.1. The zero-order chi connectivity index (χ0) is 19.8. The Balaban J connectivity index is 1.69. The van der Waals surface area contributed by atoms with Gasteiger partial charge in [0.2, 0.25) is 0 Å². The van der Waals surface area contributed by atoms with Crippen LogP contribution in [0.25, 0.3) is 20.9 Å². The smallest absolute Gasteiger partial charge is 0.262 e. The van der Waals surface area contributed by atoms with Crippen molar-refractivity contribution in [3.8, 4) is 10.7 Å². The average molecular weight is 427 g/mol. The molecule has 0 aliphatic carbocycles. The van der Waals surface area contributed by atoms with Crippen LogP contribution in [0.15, 0.2) is 34.7 Å². The maximum atomic E-state index is 13.0. The second kappa shape index (κ2) is 7.62. The van der Waals surface area contributed by atoms with E-state index >= 15 is 0 Å². The highest BCUT2D eigenvalue weighted by Crippen LogP contribution is 2.31. The number of rotatable bonds is 4. The van der Waals surface area contributed by atoms with Crippen molar-refractivity contribution in [2.75, 3.05) is 11.6 Å². The number of fused-ring (bicyclic) bond motifs is 1. The Kier molecular flexibility index (Phi) is 5.18. The highest BCUT2D eigenvalue weighted by Gasteiger charge is 2.20. The molecule has 3 heterocycles. The van der Waals surface area contributed by atoms with Crippen LogP contribution >= 0.6 is 34.4 Å². The second-order valence-electron chi connectivity index (χ2n) is 6.40. The van der Waals surface area contributed by atoms with E-state index in [9.17, 15) is 4.79 Å². The van der Waals surface area contributed by atoms with Gasteiger partial charge in [-0.15, -0.1) is 23.1 Å². The molecule has 4 rings (SSSR count). The molecule has 0 fully saturated rings. The number of thioether (sulfide) groups is 1. The Bertz CT molecular complexity index is 1180. The van der Waals surface area contributed by atoms with E-state index in [4.69, 9.17) is 0 Å². The van der Waals surface area contributed by atoms with Crippen LogP contribution in [-0.4, -0.2) is 27.1 Å². The maximum absolute atomic E-state index is 13.0. The number of aryl methyl sites for hydroxylation is 3. The molecule has 5 nitrogen and oxygen atoms in total. The highest BCUT2D eigenvalue weighted by atomic mass is 32.2. The summed E-state index contributed by atoms with van der Waals surface area (Å²) >= 11 is 4.51. The maximum Gasteiger partial charge on any atom is 0.262 e. The molecule has 0 aliphatic heterocycles. The number of amides is 1. The molecule has 1 aromatic carbocycles. The molecule has 0 saturated heterocycles. The van der Waals surface area contributed by atoms with Crippen LogP contribution < -0.4 is 5.32 Å². The van der Waals surface area contributed by atoms with Crippen LogP contribution in [-0.2, 0) is 0 Å². The van der Waals surface area contributed by atoms with E-state index in [0.29, 0.717) is 27.2 Å². The Morgan fingerprint density at radius 2 is 1.96 bits per heavy atom. The van der Waals surface area contributed by atoms with Gasteiger partial charge in [0.1, 0.15) is 5.03 Å². The van der Waals surface area contributed by atoms with Crippen molar-refractivity contribution < 1.29 is 4.79 Å². The Morgan fingerprint density at radius 3 is 2.68 bits per heavy atom. The predicted octanol–water partition coefficient (Wildman–Crippen LogP) is 5.71. The number of hydrogen-bond acceptors (Lipinski definition) is 7. The van der Waals surface area contributed by atoms with Crippen molar-refractivity contribution in [3.05, 3.63) is 52.0 Å². The van der Waals surface area contributed by atoms with Gasteiger partial charge in [-0.1, -0.05) is 23.5 Å². The van der Waals surface area contributed by atoms with Gasteiger partial charge in [-0.2, -0.15) is 0 Å². The number of benzene rings is 1. The van der Waals surface area contributed by atoms with Crippen molar-refractivity contribution in [3.63, 3.8) is 0 Å². The number of hydrogen-bond donors (Lipinski definition) is 1. The molecule has 28 heavy (non-hydrogen) atoms. The fraction of sp³-hybridized carbons (Fsp3) is 0.200. The van der Waals surface area contributed by atoms with Gasteiger partial charge in [0.05, 0.1) is 26.4 Å². The third-order valence-electron chi connectivity index (χ3n) is 4.27. The van der Waals surface area contributed by atoms with Gasteiger partial charge >= 0.3 is 0 Å². The molecule has 3 aromatic heterocycles. The van der Waals surface area contributed by atoms with Crippen LogP contribution in [0.1, 0.15) is 27.2 Å². The number of nitrogens with zero attached hydrogens (tertiary/aromatic N) is 3. The van der Waals surface area contributed by atoms with E-state index in [1.54, 1.807) is 11.3 Å². The molecule has 1 N–H and O–H groups in total. The first-order valence-corrected chi connectivity index (χ1v) is 11.5. The zero-order valence-corrected chi connectivity index (χ0v) is 18.3. The minimum Gasteiger partial charge on any atom is -0.298 e. The summed E-state index contributed by atoms with van der Waals surface area (Å²) in [5.74, 6) is 0.424. The number of aromatic nitrogens is 3. The Labute approximate surface area is 175 Å². The highest BCUT2D eigenvalue weighted by molar-refractivity contribution is 7.98. The number of thiazole rings is 1. The third-order valence-corrected chi connectivity index (χ3v) is 6.73. The van der Waals surface area contributed by atoms with Crippen LogP contribution in [0.2, 0.25) is 0 Å². The van der Waals surface area contributed by atoms with Crippen molar-refractivity contribution in [1.29, 1.82) is 0 Å². The van der Waals surface area contributed by atoms with Crippen LogP contribution in [0.3, 0.4) is 0 Å². The Hall–Kier alpha value is -2.29. The lowest BCUT2D eigenvalue weighted by Gasteiger charge is -2.10. The van der Waals surface area contributed by atoms with Crippen LogP contribution in [0.5, 0.6) is 0 Å². The molecule has 142 valence electrons. The van der Waals surface area contributed by atoms with Gasteiger partial charge < -0.3 is 0 Å². The number of carbonyl (C=O) groups excluding carboxylic acids is 1. The molecule has 0 radical (unpaired) electrons. The second-order valence-corrected chi connectivity index (χ2v) is 9.17. The van der Waals surface area contributed by atoms with Crippen molar-refractivity contribution in [2.45, 2.75) is 25.8 Å². The van der Waals surface area contributed by atoms with Gasteiger partial charge in [0.15, 0.2) is 11.0 Å². The standard InChI is InChI=1S/C20H18N4OS3/c1-10-8-11(2)16-14(9-10)28-20(22-16)24-18(25)15-12(3)21-17(23-19(15)26-4)13-6-5-7-27-13/h5-9H,1-4H3,(H,22,24,25). The lowest BCUT2D eigenvalue weighted by atomic mass is 10.1. The minimum atomic E-state index is -0.229. The number of anilines is 1. The topological polar surface area (TPSA) is 67.8 Å². The molecular formula is C20H18N4OS3. The van der Waals surface area contributed by atoms with Crippen molar-refractivity contribution in [1.82, 2.24) is 15.0 Å². The fourth-order valence-electron chi connectivity index (χ4n) is 3.06. The molecule has 0 atom stereocenters. The fourth-order valence-corrected chi connectivity index (χ4v) is 5.37. The summed E-state index contributed by atoms with van der Waals surface area (Å²) in [6.45, 7) is 5.94. The monoisotopic (exact) mass is 426 g/mol. The van der Waals surface area contributed by atoms with E-state index < -0.39 is 0 Å². The molecular weight excluding hydrogens is 408 g/mol. The lowest BCUT2D eigenvalue weighted by Crippen LogP contribution is -2.16. The van der Waals surface area contributed by atoms with Crippen LogP contribution in [0.4, 0.5) is 5.13 Å². The summed E-state index contributed by atoms with van der Waals surface area (Å²) in [6, 6.07) is 8.14. The zero-order valence-electron chi connectivity index (χ0n) is 15.9. The molecule has 0 saturated carbocycles. The quantitative estimate of drug-likeness (QED) is 0.334. The van der Waals surface area contributed by atoms with E-state index in [2.05, 4.69) is 39.3 Å². The van der Waals surface area contributed by atoms with Crippen molar-refractivity contribution >= 4 is 55.7 Å². The number of carbonyl (C=O) groups is 1. The summed E-state index contributed by atoms with van der Waals surface area (Å²) in [7, 11) is 0. The molecule has 0 unspecified atom stereocenters. The summed E-state index contributed by atoms with van der Waals surface area (Å²) < 4.78 is 1.07. The van der Waals surface area contributed by atoms with Crippen LogP contribution in [0, 0.1) is 20.8 Å². The molecule has 4 aromatic rings. The van der Waals surface area contributed by atoms with E-state index in [0.717, 1.165) is 20.7 Å². The van der Waals surface area contributed by atoms with Gasteiger partial charge in [-0.3, -0.25) is 10.1 Å². The summed E-state index contributed by atoms with van der Waals surface area (Å²) in [4.78, 5) is 27.8. The van der Waals surface area contributed by atoms with Crippen molar-refractivity contribution in [2.24, 2.45) is 0 Å².